The van der Waals surface area contributed by atoms with Crippen LogP contribution in [0.25, 0.3) is 0 Å². The van der Waals surface area contributed by atoms with Gasteiger partial charge in [-0.2, -0.15) is 0 Å². The van der Waals surface area contributed by atoms with E-state index in [-0.39, 0.29) is 5.91 Å². The standard InChI is InChI=1S/C13H8Br3NO/c14-9-3-1-8(2-4-9)13(18)17-12-7-10(15)5-6-11(12)16/h1-7H,(H,17,18). The highest BCUT2D eigenvalue weighted by atomic mass is 79.9. The third kappa shape index (κ3) is 3.43. The molecular weight excluding hydrogens is 426 g/mol. The van der Waals surface area contributed by atoms with Crippen LogP contribution in [0.2, 0.25) is 0 Å². The molecule has 0 unspecified atom stereocenters. The molecule has 0 heterocycles. The molecule has 0 aliphatic carbocycles. The maximum absolute atomic E-state index is 12.0. The van der Waals surface area contributed by atoms with Crippen LogP contribution in [0, 0.1) is 0 Å². The van der Waals surface area contributed by atoms with E-state index in [9.17, 15) is 4.79 Å². The van der Waals surface area contributed by atoms with E-state index in [1.54, 1.807) is 12.1 Å². The first-order chi connectivity index (χ1) is 8.56. The van der Waals surface area contributed by atoms with Crippen LogP contribution in [-0.4, -0.2) is 5.91 Å². The van der Waals surface area contributed by atoms with Crippen LogP contribution in [0.15, 0.2) is 55.9 Å². The fourth-order valence-electron chi connectivity index (χ4n) is 1.39. The van der Waals surface area contributed by atoms with Crippen LogP contribution in [0.4, 0.5) is 5.69 Å². The molecule has 92 valence electrons. The van der Waals surface area contributed by atoms with E-state index >= 15 is 0 Å². The predicted octanol–water partition coefficient (Wildman–Crippen LogP) is 5.23. The number of carbonyl (C=O) groups excluding carboxylic acids is 1. The number of benzene rings is 2. The second-order valence-electron chi connectivity index (χ2n) is 3.59. The molecule has 2 aromatic carbocycles. The SMILES string of the molecule is O=C(Nc1cc(Br)ccc1Br)c1ccc(Br)cc1. The highest BCUT2D eigenvalue weighted by Gasteiger charge is 2.08. The summed E-state index contributed by atoms with van der Waals surface area (Å²) in [5.74, 6) is -0.138. The molecule has 1 N–H and O–H groups in total. The third-order valence-corrected chi connectivity index (χ3v) is 4.00. The summed E-state index contributed by atoms with van der Waals surface area (Å²) < 4.78 is 2.70. The molecule has 1 amide bonds. The monoisotopic (exact) mass is 431 g/mol. The van der Waals surface area contributed by atoms with E-state index in [0.29, 0.717) is 5.56 Å². The Hall–Kier alpha value is -0.650. The van der Waals surface area contributed by atoms with Gasteiger partial charge in [0.1, 0.15) is 0 Å². The summed E-state index contributed by atoms with van der Waals surface area (Å²) in [5.41, 5.74) is 1.35. The van der Waals surface area contributed by atoms with Crippen molar-refractivity contribution in [1.82, 2.24) is 0 Å². The fraction of sp³-hybridized carbons (Fsp3) is 0. The first-order valence-corrected chi connectivity index (χ1v) is 7.46. The molecule has 0 fully saturated rings. The van der Waals surface area contributed by atoms with Gasteiger partial charge in [-0.1, -0.05) is 31.9 Å². The van der Waals surface area contributed by atoms with Crippen molar-refractivity contribution in [1.29, 1.82) is 0 Å². The minimum absolute atomic E-state index is 0.138. The van der Waals surface area contributed by atoms with Gasteiger partial charge in [-0.25, -0.2) is 0 Å². The Labute approximate surface area is 130 Å². The molecule has 0 radical (unpaired) electrons. The van der Waals surface area contributed by atoms with Crippen molar-refractivity contribution < 1.29 is 4.79 Å². The van der Waals surface area contributed by atoms with Crippen molar-refractivity contribution in [2.24, 2.45) is 0 Å². The number of hydrogen-bond acceptors (Lipinski definition) is 1. The zero-order chi connectivity index (χ0) is 13.1. The Bertz CT molecular complexity index is 581. The number of carbonyl (C=O) groups is 1. The van der Waals surface area contributed by atoms with Gasteiger partial charge in [-0.05, 0) is 58.4 Å². The lowest BCUT2D eigenvalue weighted by Crippen LogP contribution is -2.12. The zero-order valence-corrected chi connectivity index (χ0v) is 13.8. The predicted molar refractivity (Wildman–Crippen MR) is 83.9 cm³/mol. The molecule has 2 rings (SSSR count). The van der Waals surface area contributed by atoms with Crippen LogP contribution in [0.1, 0.15) is 10.4 Å². The average Bonchev–Trinajstić information content (AvgIpc) is 2.34. The Kier molecular flexibility index (Phi) is 4.59. The lowest BCUT2D eigenvalue weighted by molar-refractivity contribution is 0.102. The second-order valence-corrected chi connectivity index (χ2v) is 6.27. The molecule has 0 bridgehead atoms. The first-order valence-electron chi connectivity index (χ1n) is 5.08. The van der Waals surface area contributed by atoms with Crippen LogP contribution < -0.4 is 5.32 Å². The Morgan fingerprint density at radius 1 is 0.889 bits per heavy atom. The van der Waals surface area contributed by atoms with Crippen LogP contribution in [0.5, 0.6) is 0 Å². The normalized spacial score (nSPS) is 10.2. The average molecular weight is 434 g/mol. The lowest BCUT2D eigenvalue weighted by atomic mass is 10.2. The van der Waals surface area contributed by atoms with Gasteiger partial charge in [0, 0.05) is 19.0 Å². The van der Waals surface area contributed by atoms with E-state index in [2.05, 4.69) is 53.1 Å². The minimum atomic E-state index is -0.138. The summed E-state index contributed by atoms with van der Waals surface area (Å²) in [6.07, 6.45) is 0. The Morgan fingerprint density at radius 2 is 1.50 bits per heavy atom. The number of rotatable bonds is 2. The number of amides is 1. The summed E-state index contributed by atoms with van der Waals surface area (Å²) in [6, 6.07) is 12.8. The summed E-state index contributed by atoms with van der Waals surface area (Å²) >= 11 is 10.1. The smallest absolute Gasteiger partial charge is 0.255 e. The highest BCUT2D eigenvalue weighted by molar-refractivity contribution is 9.11. The van der Waals surface area contributed by atoms with Crippen LogP contribution in [-0.2, 0) is 0 Å². The van der Waals surface area contributed by atoms with Crippen molar-refractivity contribution in [2.75, 3.05) is 5.32 Å². The van der Waals surface area contributed by atoms with Crippen molar-refractivity contribution in [3.8, 4) is 0 Å². The van der Waals surface area contributed by atoms with Gasteiger partial charge < -0.3 is 5.32 Å². The van der Waals surface area contributed by atoms with E-state index in [1.165, 1.54) is 0 Å². The van der Waals surface area contributed by atoms with Crippen molar-refractivity contribution in [3.05, 3.63) is 61.4 Å². The van der Waals surface area contributed by atoms with E-state index in [1.807, 2.05) is 30.3 Å². The van der Waals surface area contributed by atoms with Gasteiger partial charge in [-0.3, -0.25) is 4.79 Å². The molecule has 5 heteroatoms. The summed E-state index contributed by atoms with van der Waals surface area (Å²) in [7, 11) is 0. The van der Waals surface area contributed by atoms with Gasteiger partial charge in [0.05, 0.1) is 5.69 Å². The number of anilines is 1. The van der Waals surface area contributed by atoms with Gasteiger partial charge in [0.15, 0.2) is 0 Å². The van der Waals surface area contributed by atoms with Gasteiger partial charge in [-0.15, -0.1) is 0 Å². The van der Waals surface area contributed by atoms with Gasteiger partial charge in [0.2, 0.25) is 0 Å². The van der Waals surface area contributed by atoms with E-state index < -0.39 is 0 Å². The molecule has 0 aromatic heterocycles. The first kappa shape index (κ1) is 13.8. The second kappa shape index (κ2) is 5.99. The fourth-order valence-corrected chi connectivity index (χ4v) is 2.36. The van der Waals surface area contributed by atoms with E-state index in [4.69, 9.17) is 0 Å². The Morgan fingerprint density at radius 3 is 2.17 bits per heavy atom. The maximum Gasteiger partial charge on any atom is 0.255 e. The maximum atomic E-state index is 12.0. The molecule has 18 heavy (non-hydrogen) atoms. The quantitative estimate of drug-likeness (QED) is 0.690. The van der Waals surface area contributed by atoms with Gasteiger partial charge >= 0.3 is 0 Å². The van der Waals surface area contributed by atoms with Crippen molar-refractivity contribution in [3.63, 3.8) is 0 Å². The largest absolute Gasteiger partial charge is 0.321 e. The zero-order valence-electron chi connectivity index (χ0n) is 9.08. The summed E-state index contributed by atoms with van der Waals surface area (Å²) in [4.78, 5) is 12.0. The molecule has 0 saturated heterocycles. The Balaban J connectivity index is 2.21. The van der Waals surface area contributed by atoms with Crippen LogP contribution in [0.3, 0.4) is 0 Å². The summed E-state index contributed by atoms with van der Waals surface area (Å²) in [6.45, 7) is 0. The van der Waals surface area contributed by atoms with Gasteiger partial charge in [0.25, 0.3) is 5.91 Å². The summed E-state index contributed by atoms with van der Waals surface area (Å²) in [5, 5.41) is 2.86. The molecule has 0 spiro atoms. The third-order valence-electron chi connectivity index (χ3n) is 2.28. The lowest BCUT2D eigenvalue weighted by Gasteiger charge is -2.08. The highest BCUT2D eigenvalue weighted by Crippen LogP contribution is 2.26. The van der Waals surface area contributed by atoms with Crippen LogP contribution >= 0.6 is 47.8 Å². The molecule has 2 aromatic rings. The van der Waals surface area contributed by atoms with Crippen molar-refractivity contribution >= 4 is 59.4 Å². The topological polar surface area (TPSA) is 29.1 Å². The number of nitrogens with one attached hydrogen (secondary N) is 1. The molecule has 0 aliphatic heterocycles. The molecule has 2 nitrogen and oxygen atoms in total. The molecular formula is C13H8Br3NO. The number of halogens is 3. The minimum Gasteiger partial charge on any atom is -0.321 e. The van der Waals surface area contributed by atoms with Crippen molar-refractivity contribution in [2.45, 2.75) is 0 Å². The van der Waals surface area contributed by atoms with E-state index in [0.717, 1.165) is 19.1 Å². The molecule has 0 saturated carbocycles. The molecule has 0 atom stereocenters. The molecule has 0 aliphatic rings. The number of hydrogen-bond donors (Lipinski definition) is 1.